The van der Waals surface area contributed by atoms with Crippen molar-refractivity contribution in [3.05, 3.63) is 48.5 Å². The van der Waals surface area contributed by atoms with E-state index in [0.717, 1.165) is 10.9 Å². The summed E-state index contributed by atoms with van der Waals surface area (Å²) < 4.78 is 39.7. The van der Waals surface area contributed by atoms with Crippen LogP contribution in [-0.2, 0) is 14.8 Å². The number of benzene rings is 1. The molecule has 4 N–H and O–H groups in total. The second kappa shape index (κ2) is 6.61. The highest BCUT2D eigenvalue weighted by atomic mass is 32.2. The van der Waals surface area contributed by atoms with Gasteiger partial charge in [-0.1, -0.05) is 0 Å². The van der Waals surface area contributed by atoms with Crippen molar-refractivity contribution in [3.8, 4) is 11.1 Å². The predicted molar refractivity (Wildman–Crippen MR) is 90.5 cm³/mol. The molecule has 0 bridgehead atoms. The van der Waals surface area contributed by atoms with Crippen molar-refractivity contribution in [2.24, 2.45) is 5.73 Å². The van der Waals surface area contributed by atoms with E-state index in [1.54, 1.807) is 18.3 Å². The van der Waals surface area contributed by atoms with Crippen LogP contribution < -0.4 is 10.5 Å². The van der Waals surface area contributed by atoms with Crippen molar-refractivity contribution in [1.82, 2.24) is 14.7 Å². The van der Waals surface area contributed by atoms with Gasteiger partial charge in [-0.15, -0.1) is 0 Å². The molecule has 0 aliphatic carbocycles. The number of nitrogens with two attached hydrogens (primary N) is 1. The molecule has 25 heavy (non-hydrogen) atoms. The number of nitrogens with zero attached hydrogens (tertiary/aromatic N) is 1. The lowest BCUT2D eigenvalue weighted by Crippen LogP contribution is -2.28. The third-order valence-electron chi connectivity index (χ3n) is 3.63. The molecule has 0 unspecified atom stereocenters. The number of halogens is 1. The summed E-state index contributed by atoms with van der Waals surface area (Å²) in [5.74, 6) is -0.940. The summed E-state index contributed by atoms with van der Waals surface area (Å²) in [6.07, 6.45) is 3.04. The lowest BCUT2D eigenvalue weighted by molar-refractivity contribution is -0.117. The van der Waals surface area contributed by atoms with E-state index in [1.807, 2.05) is 0 Å². The zero-order valence-electron chi connectivity index (χ0n) is 13.0. The summed E-state index contributed by atoms with van der Waals surface area (Å²) in [4.78, 5) is 17.6. The summed E-state index contributed by atoms with van der Waals surface area (Å²) in [6.45, 7) is -0.0882. The number of fused-ring (bicyclic) bond motifs is 1. The molecule has 0 aliphatic heterocycles. The Morgan fingerprint density at radius 2 is 2.08 bits per heavy atom. The quantitative estimate of drug-likeness (QED) is 0.616. The molecule has 7 nitrogen and oxygen atoms in total. The first-order chi connectivity index (χ1) is 11.9. The van der Waals surface area contributed by atoms with E-state index >= 15 is 0 Å². The highest BCUT2D eigenvalue weighted by Gasteiger charge is 2.16. The van der Waals surface area contributed by atoms with Gasteiger partial charge < -0.3 is 10.7 Å². The largest absolute Gasteiger partial charge is 0.370 e. The van der Waals surface area contributed by atoms with Crippen LogP contribution in [0.2, 0.25) is 0 Å². The summed E-state index contributed by atoms with van der Waals surface area (Å²) in [5.41, 5.74) is 7.09. The first-order valence-corrected chi connectivity index (χ1v) is 8.86. The summed E-state index contributed by atoms with van der Waals surface area (Å²) in [7, 11) is -3.82. The number of pyridine rings is 1. The molecule has 0 atom stereocenters. The number of aromatic nitrogens is 2. The van der Waals surface area contributed by atoms with Crippen LogP contribution in [0.15, 0.2) is 47.8 Å². The number of carbonyl (C=O) groups is 1. The van der Waals surface area contributed by atoms with Crippen molar-refractivity contribution < 1.29 is 17.6 Å². The molecular formula is C16H15FN4O3S. The fourth-order valence-electron chi connectivity index (χ4n) is 2.42. The summed E-state index contributed by atoms with van der Waals surface area (Å²) >= 11 is 0. The number of aromatic amines is 1. The van der Waals surface area contributed by atoms with Gasteiger partial charge >= 0.3 is 0 Å². The van der Waals surface area contributed by atoms with E-state index in [2.05, 4.69) is 14.7 Å². The first kappa shape index (κ1) is 17.1. The topological polar surface area (TPSA) is 118 Å². The van der Waals surface area contributed by atoms with Gasteiger partial charge in [-0.3, -0.25) is 4.79 Å². The Morgan fingerprint density at radius 1 is 1.28 bits per heavy atom. The molecule has 3 aromatic rings. The molecule has 0 saturated heterocycles. The Kier molecular flexibility index (Phi) is 4.51. The van der Waals surface area contributed by atoms with Crippen LogP contribution in [0.25, 0.3) is 22.0 Å². The van der Waals surface area contributed by atoms with Gasteiger partial charge in [0, 0.05) is 47.4 Å². The molecule has 0 radical (unpaired) electrons. The van der Waals surface area contributed by atoms with E-state index in [4.69, 9.17) is 5.73 Å². The SMILES string of the molecule is NC(=O)CCNS(=O)(=O)c1ccc(-c2c[nH]c3cc(F)ccc23)cn1. The number of hydrogen-bond acceptors (Lipinski definition) is 4. The predicted octanol–water partition coefficient (Wildman–Crippen LogP) is 1.52. The Bertz CT molecular complexity index is 1030. The van der Waals surface area contributed by atoms with E-state index in [-0.39, 0.29) is 23.8 Å². The van der Waals surface area contributed by atoms with Crippen molar-refractivity contribution in [1.29, 1.82) is 0 Å². The van der Waals surface area contributed by atoms with Crippen molar-refractivity contribution in [2.75, 3.05) is 6.54 Å². The average Bonchev–Trinajstić information content (AvgIpc) is 2.97. The van der Waals surface area contributed by atoms with Crippen LogP contribution in [0, 0.1) is 5.82 Å². The number of primary amides is 1. The minimum atomic E-state index is -3.82. The molecular weight excluding hydrogens is 347 g/mol. The second-order valence-corrected chi connectivity index (χ2v) is 7.11. The first-order valence-electron chi connectivity index (χ1n) is 7.38. The van der Waals surface area contributed by atoms with Gasteiger partial charge in [-0.2, -0.15) is 0 Å². The Labute approximate surface area is 143 Å². The lowest BCUT2D eigenvalue weighted by atomic mass is 10.1. The number of nitrogens with one attached hydrogen (secondary N) is 2. The van der Waals surface area contributed by atoms with Crippen LogP contribution in [0.5, 0.6) is 0 Å². The maximum Gasteiger partial charge on any atom is 0.258 e. The molecule has 0 fully saturated rings. The maximum atomic E-state index is 13.2. The van der Waals surface area contributed by atoms with Crippen molar-refractivity contribution in [2.45, 2.75) is 11.4 Å². The second-order valence-electron chi connectivity index (χ2n) is 5.39. The zero-order valence-corrected chi connectivity index (χ0v) is 13.8. The third kappa shape index (κ3) is 3.67. The van der Waals surface area contributed by atoms with E-state index in [9.17, 15) is 17.6 Å². The molecule has 9 heteroatoms. The smallest absolute Gasteiger partial charge is 0.258 e. The van der Waals surface area contributed by atoms with Crippen molar-refractivity contribution >= 4 is 26.8 Å². The number of rotatable bonds is 6. The maximum absolute atomic E-state index is 13.2. The highest BCUT2D eigenvalue weighted by molar-refractivity contribution is 7.89. The van der Waals surface area contributed by atoms with Gasteiger partial charge in [0.25, 0.3) is 10.0 Å². The van der Waals surface area contributed by atoms with E-state index in [1.165, 1.54) is 24.4 Å². The minimum Gasteiger partial charge on any atom is -0.370 e. The van der Waals surface area contributed by atoms with Crippen LogP contribution in [0.4, 0.5) is 4.39 Å². The Morgan fingerprint density at radius 3 is 2.76 bits per heavy atom. The molecule has 3 rings (SSSR count). The Balaban J connectivity index is 1.85. The van der Waals surface area contributed by atoms with Crippen LogP contribution in [0.1, 0.15) is 6.42 Å². The van der Waals surface area contributed by atoms with Gasteiger partial charge in [0.1, 0.15) is 5.82 Å². The summed E-state index contributed by atoms with van der Waals surface area (Å²) in [5, 5.41) is 0.644. The van der Waals surface area contributed by atoms with Crippen LogP contribution in [-0.4, -0.2) is 30.8 Å². The van der Waals surface area contributed by atoms with Gasteiger partial charge in [0.05, 0.1) is 0 Å². The number of amides is 1. The molecule has 0 spiro atoms. The van der Waals surface area contributed by atoms with E-state index in [0.29, 0.717) is 11.1 Å². The normalized spacial score (nSPS) is 11.7. The standard InChI is InChI=1S/C16H15FN4O3S/c17-11-2-3-12-13(9-19-14(12)7-11)10-1-4-16(20-8-10)25(23,24)21-6-5-15(18)22/h1-4,7-9,19,21H,5-6H2,(H2,18,22). The number of H-pyrrole nitrogens is 1. The molecule has 0 aliphatic rings. The molecule has 130 valence electrons. The number of sulfonamides is 1. The highest BCUT2D eigenvalue weighted by Crippen LogP contribution is 2.28. The average molecular weight is 362 g/mol. The molecule has 2 heterocycles. The minimum absolute atomic E-state index is 0.0882. The van der Waals surface area contributed by atoms with Gasteiger partial charge in [0.15, 0.2) is 5.03 Å². The number of carbonyl (C=O) groups excluding carboxylic acids is 1. The Hall–Kier alpha value is -2.78. The third-order valence-corrected chi connectivity index (χ3v) is 5.01. The van der Waals surface area contributed by atoms with Gasteiger partial charge in [0.2, 0.25) is 5.91 Å². The molecule has 2 aromatic heterocycles. The van der Waals surface area contributed by atoms with Gasteiger partial charge in [-0.25, -0.2) is 22.5 Å². The monoisotopic (exact) mass is 362 g/mol. The lowest BCUT2D eigenvalue weighted by Gasteiger charge is -2.06. The fourth-order valence-corrected chi connectivity index (χ4v) is 3.38. The summed E-state index contributed by atoms with van der Waals surface area (Å²) in [6, 6.07) is 7.36. The fraction of sp³-hybridized carbons (Fsp3) is 0.125. The molecule has 1 amide bonds. The van der Waals surface area contributed by atoms with Crippen LogP contribution in [0.3, 0.4) is 0 Å². The van der Waals surface area contributed by atoms with Gasteiger partial charge in [-0.05, 0) is 30.3 Å². The number of hydrogen-bond donors (Lipinski definition) is 3. The molecule has 0 saturated carbocycles. The zero-order chi connectivity index (χ0) is 18.0. The molecule has 1 aromatic carbocycles. The van der Waals surface area contributed by atoms with E-state index < -0.39 is 15.9 Å². The van der Waals surface area contributed by atoms with Crippen LogP contribution >= 0.6 is 0 Å². The van der Waals surface area contributed by atoms with Crippen molar-refractivity contribution in [3.63, 3.8) is 0 Å².